The SMILES string of the molecule is C[Si](c1ccccc1)(c1ccccc1)c1ccccc1-c1nnc(-c2ccccc2)s1. The van der Waals surface area contributed by atoms with E-state index in [0.29, 0.717) is 0 Å². The van der Waals surface area contributed by atoms with Gasteiger partial charge < -0.3 is 0 Å². The van der Waals surface area contributed by atoms with E-state index in [1.165, 1.54) is 21.1 Å². The summed E-state index contributed by atoms with van der Waals surface area (Å²) in [5, 5.41) is 15.2. The molecule has 0 saturated heterocycles. The van der Waals surface area contributed by atoms with Crippen LogP contribution in [0, 0.1) is 0 Å². The van der Waals surface area contributed by atoms with Crippen LogP contribution < -0.4 is 15.6 Å². The maximum atomic E-state index is 4.62. The molecule has 1 aromatic heterocycles. The van der Waals surface area contributed by atoms with Crippen LogP contribution in [0.25, 0.3) is 21.1 Å². The zero-order valence-electron chi connectivity index (χ0n) is 17.3. The van der Waals surface area contributed by atoms with Crippen LogP contribution in [0.4, 0.5) is 0 Å². The molecule has 5 aromatic rings. The van der Waals surface area contributed by atoms with Gasteiger partial charge in [-0.15, -0.1) is 10.2 Å². The van der Waals surface area contributed by atoms with Gasteiger partial charge in [-0.05, 0) is 15.6 Å². The molecule has 0 unspecified atom stereocenters. The van der Waals surface area contributed by atoms with Crippen LogP contribution in [0.15, 0.2) is 115 Å². The number of hydrogen-bond donors (Lipinski definition) is 0. The van der Waals surface area contributed by atoms with Crippen LogP contribution in [0.2, 0.25) is 6.55 Å². The number of hydrogen-bond acceptors (Lipinski definition) is 3. The van der Waals surface area contributed by atoms with Gasteiger partial charge in [-0.2, -0.15) is 0 Å². The van der Waals surface area contributed by atoms with Crippen molar-refractivity contribution in [2.75, 3.05) is 0 Å². The van der Waals surface area contributed by atoms with E-state index in [1.54, 1.807) is 11.3 Å². The highest BCUT2D eigenvalue weighted by Gasteiger charge is 2.36. The minimum absolute atomic E-state index is 0.952. The first-order chi connectivity index (χ1) is 15.3. The van der Waals surface area contributed by atoms with E-state index >= 15 is 0 Å². The minimum Gasteiger partial charge on any atom is -0.138 e. The molecule has 4 aromatic carbocycles. The molecule has 4 heteroatoms. The lowest BCUT2D eigenvalue weighted by Crippen LogP contribution is -2.65. The molecule has 0 aliphatic carbocycles. The highest BCUT2D eigenvalue weighted by molar-refractivity contribution is 7.18. The van der Waals surface area contributed by atoms with Crippen molar-refractivity contribution in [3.63, 3.8) is 0 Å². The zero-order valence-corrected chi connectivity index (χ0v) is 19.1. The summed E-state index contributed by atoms with van der Waals surface area (Å²) in [6, 6.07) is 40.8. The standard InChI is InChI=1S/C27H22N2SSi/c1-31(22-15-7-3-8-16-22,23-17-9-4-10-18-23)25-20-12-11-19-24(25)27-29-28-26(30-27)21-13-5-2-6-14-21/h2-20H,1H3. The first kappa shape index (κ1) is 19.6. The average molecular weight is 435 g/mol. The Hall–Kier alpha value is -3.34. The summed E-state index contributed by atoms with van der Waals surface area (Å²) in [7, 11) is -2.24. The van der Waals surface area contributed by atoms with Gasteiger partial charge in [0.15, 0.2) is 0 Å². The Kier molecular flexibility index (Phi) is 5.33. The molecule has 0 atom stereocenters. The van der Waals surface area contributed by atoms with Crippen LogP contribution in [-0.2, 0) is 0 Å². The van der Waals surface area contributed by atoms with E-state index in [4.69, 9.17) is 0 Å². The molecule has 0 fully saturated rings. The maximum Gasteiger partial charge on any atom is 0.148 e. The van der Waals surface area contributed by atoms with Crippen molar-refractivity contribution >= 4 is 35.0 Å². The third kappa shape index (κ3) is 3.65. The molecule has 31 heavy (non-hydrogen) atoms. The van der Waals surface area contributed by atoms with E-state index in [-0.39, 0.29) is 0 Å². The predicted molar refractivity (Wildman–Crippen MR) is 134 cm³/mol. The van der Waals surface area contributed by atoms with E-state index in [1.807, 2.05) is 18.2 Å². The Morgan fingerprint density at radius 1 is 0.548 bits per heavy atom. The molecule has 0 N–H and O–H groups in total. The zero-order chi connectivity index (χ0) is 21.1. The van der Waals surface area contributed by atoms with Crippen molar-refractivity contribution in [3.8, 4) is 21.1 Å². The quantitative estimate of drug-likeness (QED) is 0.288. The van der Waals surface area contributed by atoms with Gasteiger partial charge in [0, 0.05) is 11.1 Å². The smallest absolute Gasteiger partial charge is 0.138 e. The van der Waals surface area contributed by atoms with Crippen molar-refractivity contribution in [1.29, 1.82) is 0 Å². The van der Waals surface area contributed by atoms with Gasteiger partial charge in [0.05, 0.1) is 0 Å². The molecular weight excluding hydrogens is 412 g/mol. The van der Waals surface area contributed by atoms with Crippen LogP contribution in [0.1, 0.15) is 0 Å². The Labute approximate surface area is 187 Å². The maximum absolute atomic E-state index is 4.62. The first-order valence-electron chi connectivity index (χ1n) is 10.4. The molecule has 150 valence electrons. The van der Waals surface area contributed by atoms with Crippen molar-refractivity contribution in [1.82, 2.24) is 10.2 Å². The molecular formula is C27H22N2SSi. The second-order valence-electron chi connectivity index (χ2n) is 7.68. The minimum atomic E-state index is -2.24. The van der Waals surface area contributed by atoms with Crippen LogP contribution >= 0.6 is 11.3 Å². The van der Waals surface area contributed by atoms with Crippen molar-refractivity contribution in [2.24, 2.45) is 0 Å². The predicted octanol–water partition coefficient (Wildman–Crippen LogP) is 4.97. The molecule has 0 aliphatic heterocycles. The summed E-state index contributed by atoms with van der Waals surface area (Å²) in [6.45, 7) is 2.44. The molecule has 0 amide bonds. The largest absolute Gasteiger partial charge is 0.148 e. The van der Waals surface area contributed by atoms with Crippen molar-refractivity contribution < 1.29 is 0 Å². The van der Waals surface area contributed by atoms with Gasteiger partial charge in [-0.1, -0.05) is 133 Å². The molecule has 1 heterocycles. The van der Waals surface area contributed by atoms with Gasteiger partial charge >= 0.3 is 0 Å². The van der Waals surface area contributed by atoms with Crippen molar-refractivity contribution in [3.05, 3.63) is 115 Å². The molecule has 0 saturated carbocycles. The monoisotopic (exact) mass is 434 g/mol. The summed E-state index contributed by atoms with van der Waals surface area (Å²) < 4.78 is 0. The fourth-order valence-corrected chi connectivity index (χ4v) is 8.98. The Morgan fingerprint density at radius 2 is 1.03 bits per heavy atom. The highest BCUT2D eigenvalue weighted by atomic mass is 32.1. The van der Waals surface area contributed by atoms with E-state index in [9.17, 15) is 0 Å². The summed E-state index contributed by atoms with van der Waals surface area (Å²) in [4.78, 5) is 0. The Balaban J connectivity index is 1.70. The third-order valence-electron chi connectivity index (χ3n) is 5.84. The van der Waals surface area contributed by atoms with Gasteiger partial charge in [0.25, 0.3) is 0 Å². The fraction of sp³-hybridized carbons (Fsp3) is 0.0370. The van der Waals surface area contributed by atoms with Gasteiger partial charge in [0.1, 0.15) is 18.1 Å². The number of aromatic nitrogens is 2. The molecule has 2 nitrogen and oxygen atoms in total. The summed E-state index contributed by atoms with van der Waals surface area (Å²) >= 11 is 1.66. The Bertz CT molecular complexity index is 1250. The van der Waals surface area contributed by atoms with E-state index in [0.717, 1.165) is 15.6 Å². The topological polar surface area (TPSA) is 25.8 Å². The van der Waals surface area contributed by atoms with Crippen LogP contribution in [-0.4, -0.2) is 18.3 Å². The first-order valence-corrected chi connectivity index (χ1v) is 13.7. The fourth-order valence-electron chi connectivity index (χ4n) is 4.16. The molecule has 0 spiro atoms. The lowest BCUT2D eigenvalue weighted by atomic mass is 10.2. The van der Waals surface area contributed by atoms with Gasteiger partial charge in [-0.3, -0.25) is 0 Å². The van der Waals surface area contributed by atoms with Crippen molar-refractivity contribution in [2.45, 2.75) is 6.55 Å². The molecule has 0 bridgehead atoms. The van der Waals surface area contributed by atoms with E-state index < -0.39 is 8.07 Å². The van der Waals surface area contributed by atoms with Gasteiger partial charge in [0.2, 0.25) is 0 Å². The Morgan fingerprint density at radius 3 is 1.65 bits per heavy atom. The third-order valence-corrected chi connectivity index (χ3v) is 11.3. The molecule has 0 aliphatic rings. The summed E-state index contributed by atoms with van der Waals surface area (Å²) in [5.41, 5.74) is 2.29. The second-order valence-corrected chi connectivity index (χ2v) is 12.6. The average Bonchev–Trinajstić information content (AvgIpc) is 3.35. The highest BCUT2D eigenvalue weighted by Crippen LogP contribution is 2.30. The normalized spacial score (nSPS) is 11.4. The van der Waals surface area contributed by atoms with Crippen LogP contribution in [0.3, 0.4) is 0 Å². The second kappa shape index (κ2) is 8.42. The summed E-state index contributed by atoms with van der Waals surface area (Å²) in [5.74, 6) is 0. The van der Waals surface area contributed by atoms with E-state index in [2.05, 4.69) is 114 Å². The lowest BCUT2D eigenvalue weighted by molar-refractivity contribution is 1.10. The van der Waals surface area contributed by atoms with Gasteiger partial charge in [-0.25, -0.2) is 0 Å². The molecule has 0 radical (unpaired) electrons. The lowest BCUT2D eigenvalue weighted by Gasteiger charge is -2.31. The van der Waals surface area contributed by atoms with Crippen LogP contribution in [0.5, 0.6) is 0 Å². The molecule has 5 rings (SSSR count). The number of rotatable bonds is 5. The number of nitrogens with zero attached hydrogens (tertiary/aromatic N) is 2. The summed E-state index contributed by atoms with van der Waals surface area (Å²) in [6.07, 6.45) is 0. The number of benzene rings is 4.